The number of carboxylic acid groups (broad SMARTS) is 1. The van der Waals surface area contributed by atoms with E-state index in [-0.39, 0.29) is 0 Å². The molecule has 0 saturated carbocycles. The molecule has 0 saturated heterocycles. The molecule has 0 aliphatic heterocycles. The molecular formula is C20H17N3O5. The molecule has 3 rings (SSSR count). The summed E-state index contributed by atoms with van der Waals surface area (Å²) in [6.07, 6.45) is 0. The molecule has 1 atom stereocenters. The van der Waals surface area contributed by atoms with Crippen LogP contribution in [0.5, 0.6) is 5.75 Å². The van der Waals surface area contributed by atoms with Crippen LogP contribution in [0.4, 0.5) is 0 Å². The summed E-state index contributed by atoms with van der Waals surface area (Å²) in [5.41, 5.74) is 0.563. The predicted octanol–water partition coefficient (Wildman–Crippen LogP) is 1.80. The number of amides is 1. The van der Waals surface area contributed by atoms with Crippen molar-refractivity contribution in [2.24, 2.45) is 0 Å². The normalized spacial score (nSPS) is 11.6. The van der Waals surface area contributed by atoms with Gasteiger partial charge in [0.15, 0.2) is 17.5 Å². The topological polar surface area (TPSA) is 122 Å². The van der Waals surface area contributed by atoms with Crippen molar-refractivity contribution >= 4 is 11.9 Å². The van der Waals surface area contributed by atoms with Crippen LogP contribution < -0.4 is 10.9 Å². The molecule has 0 bridgehead atoms. The van der Waals surface area contributed by atoms with Crippen LogP contribution in [0, 0.1) is 6.92 Å². The third-order valence-corrected chi connectivity index (χ3v) is 4.03. The molecule has 142 valence electrons. The molecule has 3 N–H and O–H groups in total. The van der Waals surface area contributed by atoms with Gasteiger partial charge in [0.25, 0.3) is 11.5 Å². The van der Waals surface area contributed by atoms with Gasteiger partial charge in [0.1, 0.15) is 0 Å². The molecule has 0 aliphatic rings. The number of hydrogen-bond acceptors (Lipinski definition) is 5. The highest BCUT2D eigenvalue weighted by molar-refractivity contribution is 5.97. The minimum Gasteiger partial charge on any atom is -0.505 e. The average molecular weight is 379 g/mol. The molecular weight excluding hydrogens is 362 g/mol. The molecule has 1 heterocycles. The van der Waals surface area contributed by atoms with E-state index >= 15 is 0 Å². The number of rotatable bonds is 5. The zero-order valence-electron chi connectivity index (χ0n) is 14.9. The smallest absolute Gasteiger partial charge is 0.330 e. The average Bonchev–Trinajstić information content (AvgIpc) is 2.66. The van der Waals surface area contributed by atoms with Crippen LogP contribution in [0.1, 0.15) is 27.7 Å². The van der Waals surface area contributed by atoms with Crippen molar-refractivity contribution in [1.29, 1.82) is 0 Å². The Bertz CT molecular complexity index is 1090. The highest BCUT2D eigenvalue weighted by atomic mass is 16.4. The quantitative estimate of drug-likeness (QED) is 0.621. The molecule has 0 fully saturated rings. The maximum atomic E-state index is 12.6. The molecule has 0 spiro atoms. The first-order valence-corrected chi connectivity index (χ1v) is 8.36. The van der Waals surface area contributed by atoms with E-state index in [0.717, 1.165) is 16.3 Å². The van der Waals surface area contributed by atoms with Crippen molar-refractivity contribution in [3.63, 3.8) is 0 Å². The van der Waals surface area contributed by atoms with Gasteiger partial charge in [-0.05, 0) is 30.2 Å². The number of nitrogens with one attached hydrogen (secondary N) is 1. The van der Waals surface area contributed by atoms with E-state index < -0.39 is 34.9 Å². The van der Waals surface area contributed by atoms with Gasteiger partial charge in [0.2, 0.25) is 0 Å². The summed E-state index contributed by atoms with van der Waals surface area (Å²) in [5, 5.41) is 25.7. The molecule has 28 heavy (non-hydrogen) atoms. The van der Waals surface area contributed by atoms with E-state index in [1.165, 1.54) is 0 Å². The first-order valence-electron chi connectivity index (χ1n) is 8.36. The minimum atomic E-state index is -1.34. The molecule has 1 unspecified atom stereocenters. The zero-order chi connectivity index (χ0) is 20.3. The number of aryl methyl sites for hydroxylation is 1. The number of carbonyl (C=O) groups excluding carboxylic acids is 1. The number of carboxylic acids is 1. The van der Waals surface area contributed by atoms with Gasteiger partial charge in [-0.2, -0.15) is 9.78 Å². The summed E-state index contributed by atoms with van der Waals surface area (Å²) in [7, 11) is 0. The Morgan fingerprint density at radius 2 is 1.79 bits per heavy atom. The van der Waals surface area contributed by atoms with Crippen molar-refractivity contribution in [3.8, 4) is 11.4 Å². The first kappa shape index (κ1) is 18.8. The molecule has 0 radical (unpaired) electrons. The monoisotopic (exact) mass is 379 g/mol. The standard InChI is InChI=1S/C20H17N3O5/c1-12-6-5-9-14(10-12)23-16(25)11-15(24)18(22-23)19(26)21-17(20(27)28)13-7-3-2-4-8-13/h2-11,17,24H,1H3,(H,21,26)(H,27,28). The second-order valence-electron chi connectivity index (χ2n) is 6.12. The van der Waals surface area contributed by atoms with Crippen LogP contribution in [-0.2, 0) is 4.79 Å². The molecule has 1 aromatic heterocycles. The number of nitrogens with zero attached hydrogens (tertiary/aromatic N) is 2. The lowest BCUT2D eigenvalue weighted by Crippen LogP contribution is -2.35. The SMILES string of the molecule is Cc1cccc(-n2nc(C(=O)NC(C(=O)O)c3ccccc3)c(O)cc2=O)c1. The lowest BCUT2D eigenvalue weighted by Gasteiger charge is -2.15. The molecule has 2 aromatic carbocycles. The maximum Gasteiger partial charge on any atom is 0.330 e. The van der Waals surface area contributed by atoms with E-state index in [1.807, 2.05) is 13.0 Å². The fourth-order valence-corrected chi connectivity index (χ4v) is 2.69. The lowest BCUT2D eigenvalue weighted by molar-refractivity contribution is -0.139. The van der Waals surface area contributed by atoms with E-state index in [0.29, 0.717) is 11.3 Å². The van der Waals surface area contributed by atoms with Crippen molar-refractivity contribution < 1.29 is 19.8 Å². The third kappa shape index (κ3) is 3.90. The van der Waals surface area contributed by atoms with Crippen molar-refractivity contribution in [1.82, 2.24) is 15.1 Å². The van der Waals surface area contributed by atoms with Crippen LogP contribution in [0.2, 0.25) is 0 Å². The van der Waals surface area contributed by atoms with Crippen LogP contribution in [0.3, 0.4) is 0 Å². The molecule has 1 amide bonds. The van der Waals surface area contributed by atoms with Crippen LogP contribution in [0.15, 0.2) is 65.5 Å². The Labute approximate surface area is 159 Å². The fraction of sp³-hybridized carbons (Fsp3) is 0.100. The highest BCUT2D eigenvalue weighted by Gasteiger charge is 2.25. The lowest BCUT2D eigenvalue weighted by atomic mass is 10.1. The van der Waals surface area contributed by atoms with E-state index in [1.54, 1.807) is 48.5 Å². The van der Waals surface area contributed by atoms with Gasteiger partial charge in [0.05, 0.1) is 5.69 Å². The Balaban J connectivity index is 1.98. The summed E-state index contributed by atoms with van der Waals surface area (Å²) >= 11 is 0. The van der Waals surface area contributed by atoms with Crippen molar-refractivity contribution in [2.45, 2.75) is 13.0 Å². The minimum absolute atomic E-state index is 0.356. The van der Waals surface area contributed by atoms with Gasteiger partial charge < -0.3 is 15.5 Å². The van der Waals surface area contributed by atoms with Gasteiger partial charge in [-0.15, -0.1) is 0 Å². The largest absolute Gasteiger partial charge is 0.505 e. The summed E-state index contributed by atoms with van der Waals surface area (Å²) in [6.45, 7) is 1.83. The van der Waals surface area contributed by atoms with Gasteiger partial charge in [-0.3, -0.25) is 9.59 Å². The molecule has 3 aromatic rings. The maximum absolute atomic E-state index is 12.6. The fourth-order valence-electron chi connectivity index (χ4n) is 2.69. The molecule has 8 nitrogen and oxygen atoms in total. The van der Waals surface area contributed by atoms with Crippen LogP contribution in [0.25, 0.3) is 5.69 Å². The predicted molar refractivity (Wildman–Crippen MR) is 101 cm³/mol. The number of benzene rings is 2. The number of aromatic nitrogens is 2. The van der Waals surface area contributed by atoms with Crippen LogP contribution >= 0.6 is 0 Å². The zero-order valence-corrected chi connectivity index (χ0v) is 14.9. The third-order valence-electron chi connectivity index (χ3n) is 4.03. The highest BCUT2D eigenvalue weighted by Crippen LogP contribution is 2.17. The first-order chi connectivity index (χ1) is 13.4. The van der Waals surface area contributed by atoms with E-state index in [4.69, 9.17) is 0 Å². The van der Waals surface area contributed by atoms with Crippen LogP contribution in [-0.4, -0.2) is 31.9 Å². The summed E-state index contributed by atoms with van der Waals surface area (Å²) in [5.74, 6) is -2.83. The van der Waals surface area contributed by atoms with Crippen molar-refractivity contribution in [3.05, 3.63) is 87.8 Å². The Morgan fingerprint density at radius 3 is 2.43 bits per heavy atom. The van der Waals surface area contributed by atoms with Gasteiger partial charge >= 0.3 is 5.97 Å². The number of aliphatic carboxylic acids is 1. The van der Waals surface area contributed by atoms with Gasteiger partial charge in [0, 0.05) is 6.07 Å². The van der Waals surface area contributed by atoms with E-state index in [2.05, 4.69) is 10.4 Å². The molecule has 0 aliphatic carbocycles. The van der Waals surface area contributed by atoms with E-state index in [9.17, 15) is 24.6 Å². The van der Waals surface area contributed by atoms with Crippen molar-refractivity contribution in [2.75, 3.05) is 0 Å². The second kappa shape index (κ2) is 7.75. The van der Waals surface area contributed by atoms with Gasteiger partial charge in [-0.25, -0.2) is 4.79 Å². The van der Waals surface area contributed by atoms with Gasteiger partial charge in [-0.1, -0.05) is 42.5 Å². The molecule has 8 heteroatoms. The number of carbonyl (C=O) groups is 2. The number of hydrogen-bond donors (Lipinski definition) is 3. The summed E-state index contributed by atoms with van der Waals surface area (Å²) in [4.78, 5) is 36.4. The Hall–Kier alpha value is -3.94. The summed E-state index contributed by atoms with van der Waals surface area (Å²) in [6, 6.07) is 14.5. The number of aromatic hydroxyl groups is 1. The Morgan fingerprint density at radius 1 is 1.07 bits per heavy atom. The summed E-state index contributed by atoms with van der Waals surface area (Å²) < 4.78 is 0.972. The second-order valence-corrected chi connectivity index (χ2v) is 6.12. The Kier molecular flexibility index (Phi) is 5.21.